The van der Waals surface area contributed by atoms with Crippen LogP contribution in [0.25, 0.3) is 22.3 Å². The van der Waals surface area contributed by atoms with Crippen molar-refractivity contribution in [3.8, 4) is 11.3 Å². The number of hydrogen-bond donors (Lipinski definition) is 1. The number of rotatable bonds is 8. The van der Waals surface area contributed by atoms with Crippen LogP contribution in [0.5, 0.6) is 0 Å². The summed E-state index contributed by atoms with van der Waals surface area (Å²) in [5.74, 6) is 0.319. The average molecular weight is 531 g/mol. The number of nitrogen functional groups attached to an aromatic ring is 1. The fourth-order valence-electron chi connectivity index (χ4n) is 5.34. The van der Waals surface area contributed by atoms with Gasteiger partial charge >= 0.3 is 0 Å². The van der Waals surface area contributed by atoms with Crippen LogP contribution in [0.3, 0.4) is 0 Å². The van der Waals surface area contributed by atoms with E-state index in [1.165, 1.54) is 6.33 Å². The maximum Gasteiger partial charge on any atom is 0.218 e. The van der Waals surface area contributed by atoms with Crippen molar-refractivity contribution < 1.29 is 8.42 Å². The third kappa shape index (κ3) is 5.35. The molecule has 1 aliphatic heterocycles. The molecular weight excluding hydrogens is 496 g/mol. The molecule has 3 heterocycles. The molecule has 1 saturated heterocycles. The summed E-state index contributed by atoms with van der Waals surface area (Å²) >= 11 is 0. The van der Waals surface area contributed by atoms with Crippen molar-refractivity contribution in [3.63, 3.8) is 0 Å². The van der Waals surface area contributed by atoms with Crippen LogP contribution in [0.2, 0.25) is 0 Å². The predicted molar refractivity (Wildman–Crippen MR) is 153 cm³/mol. The van der Waals surface area contributed by atoms with E-state index in [4.69, 9.17) is 10.7 Å². The Bertz CT molecular complexity index is 1510. The van der Waals surface area contributed by atoms with Gasteiger partial charge in [-0.2, -0.15) is 0 Å². The van der Waals surface area contributed by atoms with Crippen molar-refractivity contribution >= 4 is 32.6 Å². The summed E-state index contributed by atoms with van der Waals surface area (Å²) in [5.41, 5.74) is 11.5. The molecule has 2 N–H and O–H groups in total. The van der Waals surface area contributed by atoms with Gasteiger partial charge in [0.1, 0.15) is 12.1 Å². The molecule has 0 amide bonds. The summed E-state index contributed by atoms with van der Waals surface area (Å²) in [7, 11) is -3.47. The Balaban J connectivity index is 1.50. The van der Waals surface area contributed by atoms with Gasteiger partial charge in [-0.3, -0.25) is 0 Å². The zero-order valence-corrected chi connectivity index (χ0v) is 22.7. The van der Waals surface area contributed by atoms with E-state index in [1.807, 2.05) is 36.4 Å². The minimum Gasteiger partial charge on any atom is -0.383 e. The van der Waals surface area contributed by atoms with E-state index in [1.54, 1.807) is 4.31 Å². The number of hydrogen-bond acceptors (Lipinski definition) is 7. The molecule has 2 aromatic heterocycles. The summed E-state index contributed by atoms with van der Waals surface area (Å²) in [5, 5.41) is 0.711. The lowest BCUT2D eigenvalue weighted by atomic mass is 9.89. The molecule has 1 fully saturated rings. The van der Waals surface area contributed by atoms with Crippen LogP contribution < -0.4 is 10.6 Å². The first-order valence-corrected chi connectivity index (χ1v) is 14.8. The maximum absolute atomic E-state index is 13.3. The van der Waals surface area contributed by atoms with Gasteiger partial charge in [-0.1, -0.05) is 42.5 Å². The molecule has 8 nitrogen and oxygen atoms in total. The second-order valence-electron chi connectivity index (χ2n) is 9.71. The molecule has 1 aliphatic rings. The summed E-state index contributed by atoms with van der Waals surface area (Å²) in [6.07, 6.45) is 3.05. The number of pyridine rings is 1. The smallest absolute Gasteiger partial charge is 0.218 e. The topological polar surface area (TPSA) is 105 Å². The van der Waals surface area contributed by atoms with Gasteiger partial charge in [0.2, 0.25) is 10.0 Å². The molecule has 4 aromatic rings. The van der Waals surface area contributed by atoms with Crippen LogP contribution >= 0.6 is 0 Å². The number of aromatic nitrogens is 3. The molecule has 1 atom stereocenters. The molecule has 1 unspecified atom stereocenters. The average Bonchev–Trinajstić information content (AvgIpc) is 2.94. The number of nitrogens with two attached hydrogens (primary N) is 1. The molecule has 0 spiro atoms. The highest BCUT2D eigenvalue weighted by Gasteiger charge is 2.31. The highest BCUT2D eigenvalue weighted by molar-refractivity contribution is 7.88. The van der Waals surface area contributed by atoms with E-state index in [-0.39, 0.29) is 11.7 Å². The molecular formula is C29H34N6O2S. The van der Waals surface area contributed by atoms with E-state index < -0.39 is 10.0 Å². The monoisotopic (exact) mass is 530 g/mol. The second-order valence-corrected chi connectivity index (χ2v) is 11.7. The van der Waals surface area contributed by atoms with Gasteiger partial charge in [0.05, 0.1) is 16.8 Å². The van der Waals surface area contributed by atoms with Crippen molar-refractivity contribution in [3.05, 3.63) is 78.1 Å². The summed E-state index contributed by atoms with van der Waals surface area (Å²) in [6.45, 7) is 7.08. The quantitative estimate of drug-likeness (QED) is 0.348. The zero-order chi connectivity index (χ0) is 26.7. The van der Waals surface area contributed by atoms with Gasteiger partial charge in [-0.15, -0.1) is 0 Å². The number of fused-ring (bicyclic) bond motifs is 1. The molecule has 5 rings (SSSR count). The van der Waals surface area contributed by atoms with Crippen molar-refractivity contribution in [1.29, 1.82) is 0 Å². The van der Waals surface area contributed by atoms with Crippen LogP contribution in [-0.2, 0) is 15.8 Å². The van der Waals surface area contributed by atoms with Gasteiger partial charge in [0, 0.05) is 37.4 Å². The lowest BCUT2D eigenvalue weighted by Gasteiger charge is -2.33. The number of sulfonamides is 1. The van der Waals surface area contributed by atoms with Gasteiger partial charge in [-0.25, -0.2) is 27.7 Å². The molecule has 0 bridgehead atoms. The molecule has 0 aliphatic carbocycles. The normalized spacial score (nSPS) is 16.5. The fourth-order valence-corrected chi connectivity index (χ4v) is 6.95. The third-order valence-corrected chi connectivity index (χ3v) is 9.18. The van der Waals surface area contributed by atoms with Crippen LogP contribution in [0.15, 0.2) is 67.0 Å². The SMILES string of the molecule is CCN(CC)c1ccc(-c2cc(C3CCCN(S(=O)(=O)Cc4ccccc4)C3)c3c(N)ncnc3n2)cc1. The minimum absolute atomic E-state index is 0.00691. The van der Waals surface area contributed by atoms with Gasteiger partial charge in [0.15, 0.2) is 5.65 Å². The van der Waals surface area contributed by atoms with Gasteiger partial charge < -0.3 is 10.6 Å². The van der Waals surface area contributed by atoms with E-state index >= 15 is 0 Å². The van der Waals surface area contributed by atoms with E-state index in [2.05, 4.69) is 53.0 Å². The van der Waals surface area contributed by atoms with Crippen molar-refractivity contribution in [2.75, 3.05) is 36.8 Å². The molecule has 9 heteroatoms. The Morgan fingerprint density at radius 3 is 2.47 bits per heavy atom. The fraction of sp³-hybridized carbons (Fsp3) is 0.345. The summed E-state index contributed by atoms with van der Waals surface area (Å²) in [6, 6.07) is 19.8. The number of piperidine rings is 1. The predicted octanol–water partition coefficient (Wildman–Crippen LogP) is 4.83. The Morgan fingerprint density at radius 2 is 1.76 bits per heavy atom. The lowest BCUT2D eigenvalue weighted by Crippen LogP contribution is -2.39. The first-order chi connectivity index (χ1) is 18.4. The Hall–Kier alpha value is -3.56. The molecule has 0 saturated carbocycles. The van der Waals surface area contributed by atoms with Crippen LogP contribution in [-0.4, -0.2) is 53.9 Å². The number of benzene rings is 2. The number of anilines is 2. The van der Waals surface area contributed by atoms with E-state index in [0.717, 1.165) is 54.0 Å². The largest absolute Gasteiger partial charge is 0.383 e. The van der Waals surface area contributed by atoms with Crippen LogP contribution in [0.4, 0.5) is 11.5 Å². The Morgan fingerprint density at radius 1 is 1.03 bits per heavy atom. The van der Waals surface area contributed by atoms with Gasteiger partial charge in [-0.05, 0) is 61.9 Å². The molecule has 198 valence electrons. The van der Waals surface area contributed by atoms with Crippen molar-refractivity contribution in [2.45, 2.75) is 38.4 Å². The highest BCUT2D eigenvalue weighted by atomic mass is 32.2. The Labute approximate surface area is 224 Å². The van der Waals surface area contributed by atoms with Crippen LogP contribution in [0, 0.1) is 0 Å². The Kier molecular flexibility index (Phi) is 7.58. The zero-order valence-electron chi connectivity index (χ0n) is 21.9. The first kappa shape index (κ1) is 26.1. The number of nitrogens with zero attached hydrogens (tertiary/aromatic N) is 5. The highest BCUT2D eigenvalue weighted by Crippen LogP contribution is 2.37. The molecule has 38 heavy (non-hydrogen) atoms. The minimum atomic E-state index is -3.47. The standard InChI is InChI=1S/C29H34N6O2S/c1-3-34(4-2)24-14-12-22(13-15-24)26-17-25(27-28(30)31-20-32-29(27)33-26)23-11-8-16-35(18-23)38(36,37)19-21-9-6-5-7-10-21/h5-7,9-10,12-15,17,20,23H,3-4,8,11,16,18-19H2,1-2H3,(H2,30,31,32,33). The van der Waals surface area contributed by atoms with E-state index in [0.29, 0.717) is 29.9 Å². The maximum atomic E-state index is 13.3. The first-order valence-electron chi connectivity index (χ1n) is 13.2. The summed E-state index contributed by atoms with van der Waals surface area (Å²) in [4.78, 5) is 15.8. The summed E-state index contributed by atoms with van der Waals surface area (Å²) < 4.78 is 28.3. The van der Waals surface area contributed by atoms with Crippen LogP contribution in [0.1, 0.15) is 43.7 Å². The lowest BCUT2D eigenvalue weighted by molar-refractivity contribution is 0.316. The van der Waals surface area contributed by atoms with Crippen molar-refractivity contribution in [1.82, 2.24) is 19.3 Å². The molecule has 0 radical (unpaired) electrons. The van der Waals surface area contributed by atoms with Crippen molar-refractivity contribution in [2.24, 2.45) is 0 Å². The molecule has 2 aromatic carbocycles. The third-order valence-electron chi connectivity index (χ3n) is 7.36. The van der Waals surface area contributed by atoms with E-state index in [9.17, 15) is 8.42 Å². The second kappa shape index (κ2) is 11.0. The van der Waals surface area contributed by atoms with Gasteiger partial charge in [0.25, 0.3) is 0 Å².